The van der Waals surface area contributed by atoms with Crippen molar-refractivity contribution >= 4 is 29.0 Å². The summed E-state index contributed by atoms with van der Waals surface area (Å²) >= 11 is 2.80. The highest BCUT2D eigenvalue weighted by molar-refractivity contribution is 8.01. The summed E-state index contributed by atoms with van der Waals surface area (Å²) in [7, 11) is 0. The Morgan fingerprint density at radius 2 is 2.56 bits per heavy atom. The molecule has 16 heavy (non-hydrogen) atoms. The fourth-order valence-corrected chi connectivity index (χ4v) is 2.32. The topological polar surface area (TPSA) is 68.0 Å². The molecule has 0 aliphatic rings. The molecule has 0 aliphatic carbocycles. The van der Waals surface area contributed by atoms with Gasteiger partial charge in [0, 0.05) is 0 Å². The van der Waals surface area contributed by atoms with Crippen molar-refractivity contribution in [2.75, 3.05) is 5.75 Å². The van der Waals surface area contributed by atoms with Gasteiger partial charge in [-0.25, -0.2) is 0 Å². The van der Waals surface area contributed by atoms with Crippen LogP contribution in [0.3, 0.4) is 0 Å². The van der Waals surface area contributed by atoms with E-state index in [2.05, 4.69) is 15.5 Å². The Labute approximate surface area is 100 Å². The Morgan fingerprint density at radius 3 is 3.25 bits per heavy atom. The van der Waals surface area contributed by atoms with Gasteiger partial charge in [0.05, 0.1) is 18.6 Å². The predicted molar refractivity (Wildman–Crippen MR) is 61.2 cm³/mol. The van der Waals surface area contributed by atoms with Crippen LogP contribution in [0.15, 0.2) is 32.7 Å². The lowest BCUT2D eigenvalue weighted by atomic mass is 10.4. The van der Waals surface area contributed by atoms with Gasteiger partial charge >= 0.3 is 0 Å². The molecule has 1 N–H and O–H groups in total. The van der Waals surface area contributed by atoms with Crippen LogP contribution in [0.25, 0.3) is 0 Å². The van der Waals surface area contributed by atoms with Crippen LogP contribution in [0.5, 0.6) is 0 Å². The minimum atomic E-state index is -0.0448. The molecule has 0 spiro atoms. The van der Waals surface area contributed by atoms with Crippen LogP contribution in [0.2, 0.25) is 0 Å². The van der Waals surface area contributed by atoms with Crippen molar-refractivity contribution in [1.29, 1.82) is 0 Å². The van der Waals surface area contributed by atoms with Crippen LogP contribution in [0.4, 0.5) is 0 Å². The van der Waals surface area contributed by atoms with Gasteiger partial charge in [-0.3, -0.25) is 4.79 Å². The van der Waals surface area contributed by atoms with E-state index in [-0.39, 0.29) is 5.91 Å². The Morgan fingerprint density at radius 1 is 1.62 bits per heavy atom. The van der Waals surface area contributed by atoms with Gasteiger partial charge in [-0.1, -0.05) is 23.1 Å². The minimum absolute atomic E-state index is 0.0448. The van der Waals surface area contributed by atoms with E-state index in [1.54, 1.807) is 17.8 Å². The lowest BCUT2D eigenvalue weighted by molar-refractivity contribution is -0.118. The zero-order valence-electron chi connectivity index (χ0n) is 8.25. The molecule has 0 saturated heterocycles. The second-order valence-electron chi connectivity index (χ2n) is 2.85. The van der Waals surface area contributed by atoms with Crippen molar-refractivity contribution in [2.24, 2.45) is 0 Å². The average Bonchev–Trinajstić information content (AvgIpc) is 2.96. The Kier molecular flexibility index (Phi) is 3.95. The van der Waals surface area contributed by atoms with E-state index < -0.39 is 0 Å². The monoisotopic (exact) mass is 255 g/mol. The normalized spacial score (nSPS) is 10.2. The summed E-state index contributed by atoms with van der Waals surface area (Å²) in [4.78, 5) is 11.4. The van der Waals surface area contributed by atoms with Crippen molar-refractivity contribution < 1.29 is 9.21 Å². The van der Waals surface area contributed by atoms with Crippen LogP contribution >= 0.6 is 23.1 Å². The Balaban J connectivity index is 1.69. The second-order valence-corrected chi connectivity index (χ2v) is 4.91. The summed E-state index contributed by atoms with van der Waals surface area (Å²) < 4.78 is 5.89. The van der Waals surface area contributed by atoms with E-state index in [1.165, 1.54) is 23.1 Å². The fraction of sp³-hybridized carbons (Fsp3) is 0.222. The first-order valence-electron chi connectivity index (χ1n) is 4.52. The van der Waals surface area contributed by atoms with Gasteiger partial charge in [-0.05, 0) is 12.1 Å². The number of carbonyl (C=O) groups is 1. The molecule has 0 saturated carbocycles. The molecule has 1 amide bonds. The fourth-order valence-electron chi connectivity index (χ4n) is 1.00. The molecule has 2 rings (SSSR count). The quantitative estimate of drug-likeness (QED) is 0.821. The van der Waals surface area contributed by atoms with E-state index in [0.717, 1.165) is 10.1 Å². The van der Waals surface area contributed by atoms with Crippen molar-refractivity contribution in [3.63, 3.8) is 0 Å². The zero-order chi connectivity index (χ0) is 11.2. The van der Waals surface area contributed by atoms with Crippen LogP contribution in [-0.4, -0.2) is 21.9 Å². The maximum atomic E-state index is 11.4. The number of carbonyl (C=O) groups excluding carboxylic acids is 1. The van der Waals surface area contributed by atoms with Gasteiger partial charge in [-0.15, -0.1) is 10.2 Å². The number of hydrogen-bond donors (Lipinski definition) is 1. The minimum Gasteiger partial charge on any atom is -0.467 e. The summed E-state index contributed by atoms with van der Waals surface area (Å²) in [5.74, 6) is 1.04. The molecule has 0 aromatic carbocycles. The summed E-state index contributed by atoms with van der Waals surface area (Å²) in [6.07, 6.45) is 1.58. The molecule has 7 heteroatoms. The van der Waals surface area contributed by atoms with Gasteiger partial charge in [0.25, 0.3) is 0 Å². The summed E-state index contributed by atoms with van der Waals surface area (Å²) in [6, 6.07) is 3.61. The van der Waals surface area contributed by atoms with Crippen molar-refractivity contribution in [3.8, 4) is 0 Å². The number of amides is 1. The molecule has 2 aromatic heterocycles. The molecule has 0 fully saturated rings. The molecular formula is C9H9N3O2S2. The highest BCUT2D eigenvalue weighted by Gasteiger charge is 2.05. The summed E-state index contributed by atoms with van der Waals surface area (Å²) in [5.41, 5.74) is 1.64. The first-order chi connectivity index (χ1) is 7.84. The number of hydrogen-bond acceptors (Lipinski definition) is 6. The molecule has 0 aliphatic heterocycles. The number of nitrogens with one attached hydrogen (secondary N) is 1. The molecule has 2 aromatic rings. The lowest BCUT2D eigenvalue weighted by Crippen LogP contribution is -2.24. The largest absolute Gasteiger partial charge is 0.467 e. The Bertz CT molecular complexity index is 387. The van der Waals surface area contributed by atoms with Crippen LogP contribution < -0.4 is 5.32 Å². The smallest absolute Gasteiger partial charge is 0.230 e. The first-order valence-corrected chi connectivity index (χ1v) is 6.39. The highest BCUT2D eigenvalue weighted by Crippen LogP contribution is 2.18. The lowest BCUT2D eigenvalue weighted by Gasteiger charge is -2.01. The van der Waals surface area contributed by atoms with Gasteiger partial charge in [0.2, 0.25) is 5.91 Å². The molecule has 2 heterocycles. The number of furan rings is 1. The first kappa shape index (κ1) is 11.2. The standard InChI is InChI=1S/C9H9N3O2S2/c13-8(5-15-9-12-11-6-16-9)10-4-7-2-1-3-14-7/h1-3,6H,4-5H2,(H,10,13). The maximum Gasteiger partial charge on any atom is 0.230 e. The van der Waals surface area contributed by atoms with E-state index in [4.69, 9.17) is 4.42 Å². The number of rotatable bonds is 5. The van der Waals surface area contributed by atoms with Crippen LogP contribution in [0.1, 0.15) is 5.76 Å². The molecule has 84 valence electrons. The third kappa shape index (κ3) is 3.35. The zero-order valence-corrected chi connectivity index (χ0v) is 9.88. The molecule has 0 bridgehead atoms. The predicted octanol–water partition coefficient (Wildman–Crippen LogP) is 1.54. The maximum absolute atomic E-state index is 11.4. The number of thioether (sulfide) groups is 1. The summed E-state index contributed by atoms with van der Waals surface area (Å²) in [5, 5.41) is 10.3. The molecule has 0 radical (unpaired) electrons. The van der Waals surface area contributed by atoms with Crippen LogP contribution in [0, 0.1) is 0 Å². The van der Waals surface area contributed by atoms with Crippen molar-refractivity contribution in [1.82, 2.24) is 15.5 Å². The third-order valence-corrected chi connectivity index (χ3v) is 3.57. The van der Waals surface area contributed by atoms with Crippen LogP contribution in [-0.2, 0) is 11.3 Å². The van der Waals surface area contributed by atoms with Gasteiger partial charge in [-0.2, -0.15) is 0 Å². The molecule has 5 nitrogen and oxygen atoms in total. The summed E-state index contributed by atoms with van der Waals surface area (Å²) in [6.45, 7) is 0.419. The number of nitrogens with zero attached hydrogens (tertiary/aromatic N) is 2. The molecular weight excluding hydrogens is 246 g/mol. The SMILES string of the molecule is O=C(CSc1nncs1)NCc1ccco1. The highest BCUT2D eigenvalue weighted by atomic mass is 32.2. The third-order valence-electron chi connectivity index (χ3n) is 1.71. The van der Waals surface area contributed by atoms with Gasteiger partial charge in [0.1, 0.15) is 11.3 Å². The van der Waals surface area contributed by atoms with Crippen molar-refractivity contribution in [2.45, 2.75) is 10.9 Å². The second kappa shape index (κ2) is 5.66. The average molecular weight is 255 g/mol. The van der Waals surface area contributed by atoms with E-state index in [1.807, 2.05) is 6.07 Å². The van der Waals surface area contributed by atoms with Gasteiger partial charge < -0.3 is 9.73 Å². The van der Waals surface area contributed by atoms with Gasteiger partial charge in [0.15, 0.2) is 4.34 Å². The Hall–Kier alpha value is -1.34. The molecule has 0 atom stereocenters. The molecule has 0 unspecified atom stereocenters. The van der Waals surface area contributed by atoms with E-state index in [9.17, 15) is 4.79 Å². The number of aromatic nitrogens is 2. The van der Waals surface area contributed by atoms with E-state index >= 15 is 0 Å². The van der Waals surface area contributed by atoms with Crippen molar-refractivity contribution in [3.05, 3.63) is 29.7 Å². The van der Waals surface area contributed by atoms with E-state index in [0.29, 0.717) is 12.3 Å².